The molecule has 4 rings (SSSR count). The normalized spacial score (nSPS) is 24.5. The summed E-state index contributed by atoms with van der Waals surface area (Å²) in [6.45, 7) is 0.0756. The van der Waals surface area contributed by atoms with Crippen LogP contribution in [0.15, 0.2) is 36.4 Å². The van der Waals surface area contributed by atoms with Crippen molar-refractivity contribution in [3.8, 4) is 11.5 Å². The molecule has 25 heavy (non-hydrogen) atoms. The minimum absolute atomic E-state index is 0.0756. The molecule has 1 N–H and O–H groups in total. The van der Waals surface area contributed by atoms with Crippen molar-refractivity contribution < 1.29 is 14.6 Å². The monoisotopic (exact) mass is 338 g/mol. The molecule has 2 aliphatic carbocycles. The lowest BCUT2D eigenvalue weighted by molar-refractivity contribution is 0.276. The lowest BCUT2D eigenvalue weighted by Crippen LogP contribution is -2.26. The second kappa shape index (κ2) is 6.72. The van der Waals surface area contributed by atoms with Crippen LogP contribution in [-0.2, 0) is 13.0 Å². The molecule has 0 spiro atoms. The van der Waals surface area contributed by atoms with Crippen LogP contribution in [0.3, 0.4) is 0 Å². The summed E-state index contributed by atoms with van der Waals surface area (Å²) in [6, 6.07) is 12.8. The van der Waals surface area contributed by atoms with Gasteiger partial charge in [-0.15, -0.1) is 0 Å². The number of rotatable bonds is 4. The fraction of sp³-hybridized carbons (Fsp3) is 0.455. The molecule has 2 aromatic carbocycles. The van der Waals surface area contributed by atoms with Crippen molar-refractivity contribution in [3.63, 3.8) is 0 Å². The molecule has 2 aliphatic rings. The van der Waals surface area contributed by atoms with Gasteiger partial charge in [-0.05, 0) is 83.5 Å². The van der Waals surface area contributed by atoms with Crippen LogP contribution in [0.5, 0.6) is 11.5 Å². The molecule has 0 saturated heterocycles. The number of hydrogen-bond donors (Lipinski definition) is 1. The molecule has 132 valence electrons. The lowest BCUT2D eigenvalue weighted by atomic mass is 9.67. The Morgan fingerprint density at radius 3 is 2.40 bits per heavy atom. The molecular formula is C22H26O3. The second-order valence-electron chi connectivity index (χ2n) is 7.30. The topological polar surface area (TPSA) is 38.7 Å². The first kappa shape index (κ1) is 16.5. The molecule has 3 nitrogen and oxygen atoms in total. The summed E-state index contributed by atoms with van der Waals surface area (Å²) in [5.74, 6) is 3.56. The van der Waals surface area contributed by atoms with E-state index in [4.69, 9.17) is 9.47 Å². The maximum absolute atomic E-state index is 9.91. The van der Waals surface area contributed by atoms with Crippen molar-refractivity contribution in [2.24, 2.45) is 5.92 Å². The van der Waals surface area contributed by atoms with E-state index in [9.17, 15) is 5.11 Å². The van der Waals surface area contributed by atoms with Gasteiger partial charge in [-0.3, -0.25) is 0 Å². The van der Waals surface area contributed by atoms with E-state index < -0.39 is 0 Å². The molecule has 3 unspecified atom stereocenters. The summed E-state index contributed by atoms with van der Waals surface area (Å²) in [6.07, 6.45) is 4.81. The summed E-state index contributed by atoms with van der Waals surface area (Å²) in [7, 11) is 3.41. The quantitative estimate of drug-likeness (QED) is 0.897. The second-order valence-corrected chi connectivity index (χ2v) is 7.30. The molecule has 3 atom stereocenters. The van der Waals surface area contributed by atoms with Crippen LogP contribution in [0.4, 0.5) is 0 Å². The van der Waals surface area contributed by atoms with Crippen LogP contribution in [0, 0.1) is 5.92 Å². The Kier molecular flexibility index (Phi) is 4.43. The van der Waals surface area contributed by atoms with Crippen LogP contribution >= 0.6 is 0 Å². The van der Waals surface area contributed by atoms with Gasteiger partial charge in [0.25, 0.3) is 0 Å². The van der Waals surface area contributed by atoms with Gasteiger partial charge in [-0.1, -0.05) is 18.6 Å². The van der Waals surface area contributed by atoms with Gasteiger partial charge in [0.05, 0.1) is 20.8 Å². The number of benzene rings is 2. The van der Waals surface area contributed by atoms with Crippen molar-refractivity contribution in [2.75, 3.05) is 14.2 Å². The predicted octanol–water partition coefficient (Wildman–Crippen LogP) is 4.42. The van der Waals surface area contributed by atoms with Gasteiger partial charge in [-0.2, -0.15) is 0 Å². The summed E-state index contributed by atoms with van der Waals surface area (Å²) in [5, 5.41) is 9.91. The summed E-state index contributed by atoms with van der Waals surface area (Å²) in [5.41, 5.74) is 5.17. The third-order valence-electron chi connectivity index (χ3n) is 6.21. The van der Waals surface area contributed by atoms with E-state index in [-0.39, 0.29) is 6.61 Å². The Labute approximate surface area is 149 Å². The van der Waals surface area contributed by atoms with Gasteiger partial charge in [0, 0.05) is 0 Å². The van der Waals surface area contributed by atoms with Gasteiger partial charge in [0.15, 0.2) is 0 Å². The van der Waals surface area contributed by atoms with Crippen molar-refractivity contribution in [2.45, 2.75) is 44.1 Å². The number of aliphatic hydroxyl groups excluding tert-OH is 1. The lowest BCUT2D eigenvalue weighted by Gasteiger charge is -2.37. The van der Waals surface area contributed by atoms with E-state index in [1.54, 1.807) is 14.2 Å². The minimum Gasteiger partial charge on any atom is -0.497 e. The molecule has 0 amide bonds. The van der Waals surface area contributed by atoms with Crippen LogP contribution in [0.1, 0.15) is 53.4 Å². The molecular weight excluding hydrogens is 312 g/mol. The Hall–Kier alpha value is -2.00. The predicted molar refractivity (Wildman–Crippen MR) is 98.4 cm³/mol. The fourth-order valence-electron chi connectivity index (χ4n) is 5.01. The first-order valence-corrected chi connectivity index (χ1v) is 9.19. The number of hydrogen-bond acceptors (Lipinski definition) is 3. The molecule has 0 heterocycles. The average molecular weight is 338 g/mol. The average Bonchev–Trinajstić information content (AvgIpc) is 3.16. The van der Waals surface area contributed by atoms with Gasteiger partial charge < -0.3 is 14.6 Å². The van der Waals surface area contributed by atoms with E-state index >= 15 is 0 Å². The summed E-state index contributed by atoms with van der Waals surface area (Å²) >= 11 is 0. The molecule has 0 bridgehead atoms. The Morgan fingerprint density at radius 2 is 1.72 bits per heavy atom. The molecule has 1 fully saturated rings. The Morgan fingerprint density at radius 1 is 0.960 bits per heavy atom. The third-order valence-corrected chi connectivity index (χ3v) is 6.21. The van der Waals surface area contributed by atoms with E-state index in [2.05, 4.69) is 30.3 Å². The Bertz CT molecular complexity index is 751. The third kappa shape index (κ3) is 2.81. The van der Waals surface area contributed by atoms with E-state index in [1.807, 2.05) is 6.07 Å². The van der Waals surface area contributed by atoms with Gasteiger partial charge in [0.2, 0.25) is 0 Å². The molecule has 0 aromatic heterocycles. The zero-order chi connectivity index (χ0) is 17.4. The highest BCUT2D eigenvalue weighted by molar-refractivity contribution is 5.48. The molecule has 2 aromatic rings. The molecule has 1 saturated carbocycles. The van der Waals surface area contributed by atoms with Crippen molar-refractivity contribution in [1.29, 1.82) is 0 Å². The molecule has 0 aliphatic heterocycles. The number of fused-ring (bicyclic) bond motifs is 3. The van der Waals surface area contributed by atoms with Crippen LogP contribution < -0.4 is 9.47 Å². The molecule has 3 heteroatoms. The first-order valence-electron chi connectivity index (χ1n) is 9.19. The minimum atomic E-state index is 0.0756. The van der Waals surface area contributed by atoms with Gasteiger partial charge in [0.1, 0.15) is 11.5 Å². The maximum atomic E-state index is 9.91. The van der Waals surface area contributed by atoms with E-state index in [1.165, 1.54) is 36.0 Å². The number of ether oxygens (including phenoxy) is 2. The fourth-order valence-corrected chi connectivity index (χ4v) is 5.01. The highest BCUT2D eigenvalue weighted by Crippen LogP contribution is 2.54. The van der Waals surface area contributed by atoms with Crippen LogP contribution in [0.2, 0.25) is 0 Å². The first-order chi connectivity index (χ1) is 12.2. The zero-order valence-corrected chi connectivity index (χ0v) is 15.0. The highest BCUT2D eigenvalue weighted by Gasteiger charge is 2.41. The van der Waals surface area contributed by atoms with Crippen LogP contribution in [0.25, 0.3) is 0 Å². The SMILES string of the molecule is COc1ccc(C2Cc3c(CO)cc(OC)cc3C3CCCC23)cc1. The highest BCUT2D eigenvalue weighted by atomic mass is 16.5. The summed E-state index contributed by atoms with van der Waals surface area (Å²) in [4.78, 5) is 0. The Balaban J connectivity index is 1.77. The number of aliphatic hydroxyl groups is 1. The number of methoxy groups -OCH3 is 2. The van der Waals surface area contributed by atoms with Crippen molar-refractivity contribution >= 4 is 0 Å². The van der Waals surface area contributed by atoms with Crippen molar-refractivity contribution in [1.82, 2.24) is 0 Å². The smallest absolute Gasteiger partial charge is 0.119 e. The van der Waals surface area contributed by atoms with Gasteiger partial charge >= 0.3 is 0 Å². The largest absolute Gasteiger partial charge is 0.497 e. The van der Waals surface area contributed by atoms with Gasteiger partial charge in [-0.25, -0.2) is 0 Å². The standard InChI is InChI=1S/C22H26O3/c1-24-16-8-6-14(7-9-16)20-12-21-15(13-23)10-17(25-2)11-22(21)19-5-3-4-18(19)20/h6-11,18-20,23H,3-5,12-13H2,1-2H3. The van der Waals surface area contributed by atoms with E-state index in [0.717, 1.165) is 23.5 Å². The maximum Gasteiger partial charge on any atom is 0.119 e. The molecule has 0 radical (unpaired) electrons. The van der Waals surface area contributed by atoms with Crippen LogP contribution in [-0.4, -0.2) is 19.3 Å². The zero-order valence-electron chi connectivity index (χ0n) is 15.0. The summed E-state index contributed by atoms with van der Waals surface area (Å²) < 4.78 is 10.8. The van der Waals surface area contributed by atoms with Crippen molar-refractivity contribution in [3.05, 3.63) is 58.7 Å². The van der Waals surface area contributed by atoms with E-state index in [0.29, 0.717) is 17.8 Å².